The van der Waals surface area contributed by atoms with E-state index in [1.165, 1.54) is 0 Å². The van der Waals surface area contributed by atoms with E-state index >= 15 is 0 Å². The first-order chi connectivity index (χ1) is 8.48. The molecule has 5 heteroatoms. The molecule has 0 atom stereocenters. The Morgan fingerprint density at radius 3 is 2.11 bits per heavy atom. The number of nitrogens with one attached hydrogen (secondary N) is 1. The van der Waals surface area contributed by atoms with E-state index in [4.69, 9.17) is 23.2 Å². The summed E-state index contributed by atoms with van der Waals surface area (Å²) in [5, 5.41) is 13.9. The number of anilines is 1. The Morgan fingerprint density at radius 1 is 1.22 bits per heavy atom. The van der Waals surface area contributed by atoms with Crippen molar-refractivity contribution in [3.63, 3.8) is 0 Å². The zero-order chi connectivity index (χ0) is 13.8. The summed E-state index contributed by atoms with van der Waals surface area (Å²) in [5.41, 5.74) is 0.598. The Kier molecular flexibility index (Phi) is 6.25. The van der Waals surface area contributed by atoms with Crippen molar-refractivity contribution in [3.05, 3.63) is 26.7 Å². The molecule has 0 aliphatic carbocycles. The fourth-order valence-electron chi connectivity index (χ4n) is 1.77. The van der Waals surface area contributed by atoms with Gasteiger partial charge in [-0.2, -0.15) is 0 Å². The number of hydrogen-bond donors (Lipinski definition) is 2. The molecule has 0 bridgehead atoms. The summed E-state index contributed by atoms with van der Waals surface area (Å²) in [7, 11) is 0. The van der Waals surface area contributed by atoms with E-state index in [1.807, 2.05) is 0 Å². The molecule has 0 saturated carbocycles. The molecular formula is C13H18BrCl2NO. The number of halogens is 3. The topological polar surface area (TPSA) is 32.3 Å². The van der Waals surface area contributed by atoms with Crippen LogP contribution in [0.15, 0.2) is 16.6 Å². The van der Waals surface area contributed by atoms with Crippen LogP contribution in [0.3, 0.4) is 0 Å². The first-order valence-corrected chi connectivity index (χ1v) is 7.52. The first-order valence-electron chi connectivity index (χ1n) is 5.97. The van der Waals surface area contributed by atoms with Gasteiger partial charge in [0, 0.05) is 16.4 Å². The lowest BCUT2D eigenvalue weighted by atomic mass is 9.83. The molecular weight excluding hydrogens is 337 g/mol. The maximum absolute atomic E-state index is 9.52. The standard InChI is InChI=1S/C13H18BrCl2NO/c1-3-13(4-2,8-18)7-17-12-10(15)5-9(14)6-11(12)16/h5-6,17-18H,3-4,7-8H2,1-2H3. The van der Waals surface area contributed by atoms with E-state index < -0.39 is 0 Å². The number of rotatable bonds is 6. The Morgan fingerprint density at radius 2 is 1.72 bits per heavy atom. The molecule has 2 nitrogen and oxygen atoms in total. The monoisotopic (exact) mass is 353 g/mol. The molecule has 0 heterocycles. The normalized spacial score (nSPS) is 11.7. The fraction of sp³-hybridized carbons (Fsp3) is 0.538. The summed E-state index contributed by atoms with van der Waals surface area (Å²) in [6.07, 6.45) is 1.80. The average molecular weight is 355 g/mol. The van der Waals surface area contributed by atoms with E-state index in [1.54, 1.807) is 12.1 Å². The predicted molar refractivity (Wildman–Crippen MR) is 82.8 cm³/mol. The SMILES string of the molecule is CCC(CC)(CO)CNc1c(Cl)cc(Br)cc1Cl. The maximum Gasteiger partial charge on any atom is 0.0719 e. The van der Waals surface area contributed by atoms with Crippen molar-refractivity contribution in [2.45, 2.75) is 26.7 Å². The van der Waals surface area contributed by atoms with Crippen LogP contribution in [0.5, 0.6) is 0 Å². The summed E-state index contributed by atoms with van der Waals surface area (Å²) in [5.74, 6) is 0. The second-order valence-electron chi connectivity index (χ2n) is 4.46. The Bertz CT molecular complexity index is 377. The van der Waals surface area contributed by atoms with Gasteiger partial charge in [-0.3, -0.25) is 0 Å². The van der Waals surface area contributed by atoms with Crippen molar-refractivity contribution in [2.24, 2.45) is 5.41 Å². The third kappa shape index (κ3) is 3.77. The number of aliphatic hydroxyl groups excluding tert-OH is 1. The minimum atomic E-state index is -0.125. The minimum absolute atomic E-state index is 0.125. The van der Waals surface area contributed by atoms with Gasteiger partial charge < -0.3 is 10.4 Å². The van der Waals surface area contributed by atoms with Crippen molar-refractivity contribution in [3.8, 4) is 0 Å². The highest BCUT2D eigenvalue weighted by atomic mass is 79.9. The van der Waals surface area contributed by atoms with Gasteiger partial charge in [0.25, 0.3) is 0 Å². The lowest BCUT2D eigenvalue weighted by Crippen LogP contribution is -2.32. The maximum atomic E-state index is 9.52. The van der Waals surface area contributed by atoms with Crippen molar-refractivity contribution in [1.29, 1.82) is 0 Å². The van der Waals surface area contributed by atoms with E-state index in [9.17, 15) is 5.11 Å². The molecule has 1 rings (SSSR count). The largest absolute Gasteiger partial charge is 0.396 e. The number of benzene rings is 1. The van der Waals surface area contributed by atoms with E-state index in [0.29, 0.717) is 16.6 Å². The van der Waals surface area contributed by atoms with E-state index in [0.717, 1.165) is 23.0 Å². The molecule has 2 N–H and O–H groups in total. The highest BCUT2D eigenvalue weighted by Crippen LogP contribution is 2.35. The smallest absolute Gasteiger partial charge is 0.0719 e. The second kappa shape index (κ2) is 6.99. The van der Waals surface area contributed by atoms with Crippen LogP contribution in [0.4, 0.5) is 5.69 Å². The zero-order valence-corrected chi connectivity index (χ0v) is 13.7. The van der Waals surface area contributed by atoms with Gasteiger partial charge >= 0.3 is 0 Å². The van der Waals surface area contributed by atoms with Crippen LogP contribution in [0.1, 0.15) is 26.7 Å². The summed E-state index contributed by atoms with van der Waals surface area (Å²) >= 11 is 15.6. The van der Waals surface area contributed by atoms with Crippen LogP contribution in [-0.2, 0) is 0 Å². The predicted octanol–water partition coefficient (Wildman–Crippen LogP) is 4.97. The van der Waals surface area contributed by atoms with Crippen LogP contribution >= 0.6 is 39.1 Å². The van der Waals surface area contributed by atoms with Crippen molar-refractivity contribution in [1.82, 2.24) is 0 Å². The van der Waals surface area contributed by atoms with Gasteiger partial charge in [0.15, 0.2) is 0 Å². The molecule has 0 fully saturated rings. The third-order valence-electron chi connectivity index (χ3n) is 3.48. The van der Waals surface area contributed by atoms with Gasteiger partial charge in [0.1, 0.15) is 0 Å². The van der Waals surface area contributed by atoms with Gasteiger partial charge in [-0.25, -0.2) is 0 Å². The van der Waals surface area contributed by atoms with Gasteiger partial charge in [-0.1, -0.05) is 53.0 Å². The van der Waals surface area contributed by atoms with E-state index in [-0.39, 0.29) is 12.0 Å². The van der Waals surface area contributed by atoms with Crippen molar-refractivity contribution in [2.75, 3.05) is 18.5 Å². The van der Waals surface area contributed by atoms with Crippen LogP contribution in [0.2, 0.25) is 10.0 Å². The quantitative estimate of drug-likeness (QED) is 0.756. The number of aliphatic hydroxyl groups is 1. The van der Waals surface area contributed by atoms with Gasteiger partial charge in [-0.05, 0) is 25.0 Å². The molecule has 1 aromatic rings. The number of hydrogen-bond acceptors (Lipinski definition) is 2. The van der Waals surface area contributed by atoms with Crippen molar-refractivity contribution >= 4 is 44.8 Å². The van der Waals surface area contributed by atoms with Crippen LogP contribution < -0.4 is 5.32 Å². The molecule has 0 spiro atoms. The minimum Gasteiger partial charge on any atom is -0.396 e. The molecule has 0 unspecified atom stereocenters. The summed E-state index contributed by atoms with van der Waals surface area (Å²) in [6, 6.07) is 3.60. The summed E-state index contributed by atoms with van der Waals surface area (Å²) in [4.78, 5) is 0. The van der Waals surface area contributed by atoms with Gasteiger partial charge in [0.2, 0.25) is 0 Å². The first kappa shape index (κ1) is 16.1. The van der Waals surface area contributed by atoms with Crippen LogP contribution in [-0.4, -0.2) is 18.3 Å². The molecule has 0 aromatic heterocycles. The van der Waals surface area contributed by atoms with Crippen LogP contribution in [0.25, 0.3) is 0 Å². The fourth-order valence-corrected chi connectivity index (χ4v) is 3.11. The molecule has 0 aliphatic heterocycles. The molecule has 0 amide bonds. The average Bonchev–Trinajstić information content (AvgIpc) is 2.33. The van der Waals surface area contributed by atoms with Gasteiger partial charge in [-0.15, -0.1) is 0 Å². The lowest BCUT2D eigenvalue weighted by Gasteiger charge is -2.30. The highest BCUT2D eigenvalue weighted by Gasteiger charge is 2.25. The Labute approximate surface area is 127 Å². The van der Waals surface area contributed by atoms with E-state index in [2.05, 4.69) is 35.1 Å². The lowest BCUT2D eigenvalue weighted by molar-refractivity contribution is 0.127. The molecule has 1 aromatic carbocycles. The molecule has 0 saturated heterocycles. The summed E-state index contributed by atoms with van der Waals surface area (Å²) in [6.45, 7) is 4.95. The Balaban J connectivity index is 2.86. The third-order valence-corrected chi connectivity index (χ3v) is 4.54. The summed E-state index contributed by atoms with van der Waals surface area (Å²) < 4.78 is 0.849. The highest BCUT2D eigenvalue weighted by molar-refractivity contribution is 9.10. The second-order valence-corrected chi connectivity index (χ2v) is 6.19. The molecule has 18 heavy (non-hydrogen) atoms. The molecule has 0 radical (unpaired) electrons. The Hall–Kier alpha value is 0.0400. The van der Waals surface area contributed by atoms with Crippen LogP contribution in [0, 0.1) is 5.41 Å². The molecule has 102 valence electrons. The zero-order valence-electron chi connectivity index (χ0n) is 10.6. The van der Waals surface area contributed by atoms with Crippen molar-refractivity contribution < 1.29 is 5.11 Å². The molecule has 0 aliphatic rings. The van der Waals surface area contributed by atoms with Gasteiger partial charge in [0.05, 0.1) is 22.3 Å².